The molecule has 0 radical (unpaired) electrons. The highest BCUT2D eigenvalue weighted by Crippen LogP contribution is 2.43. The standard InChI is InChI=1S/C27H23N3O4S/c1-2-33-20-11-9-19(10-12-20)30-25(24(29-27(30)35)21-8-3-4-15-28-21)23-14-13-22(34-23)17-6-5-7-18(16-17)26(31)32/h3-16,24-25H,2H2,1H3,(H,29,35)(H,31,32)/t24-,25-/m1/s1. The molecule has 2 N–H and O–H groups in total. The quantitative estimate of drug-likeness (QED) is 0.326. The van der Waals surface area contributed by atoms with E-state index in [0.717, 1.165) is 17.1 Å². The Hall–Kier alpha value is -4.17. The number of furan rings is 1. The van der Waals surface area contributed by atoms with Crippen molar-refractivity contribution in [1.29, 1.82) is 0 Å². The number of hydrogen-bond donors (Lipinski definition) is 2. The predicted octanol–water partition coefficient (Wildman–Crippen LogP) is 5.62. The van der Waals surface area contributed by atoms with E-state index in [4.69, 9.17) is 21.4 Å². The van der Waals surface area contributed by atoms with Crippen LogP contribution in [0.4, 0.5) is 5.69 Å². The molecule has 2 aromatic heterocycles. The zero-order chi connectivity index (χ0) is 24.4. The SMILES string of the molecule is CCOc1ccc(N2C(=S)N[C@H](c3ccccn3)[C@H]2c2ccc(-c3cccc(C(=O)O)c3)o2)cc1. The molecule has 1 saturated heterocycles. The van der Waals surface area contributed by atoms with Gasteiger partial charge in [-0.15, -0.1) is 0 Å². The summed E-state index contributed by atoms with van der Waals surface area (Å²) in [6, 6.07) is 23.4. The lowest BCUT2D eigenvalue weighted by Crippen LogP contribution is -2.29. The van der Waals surface area contributed by atoms with E-state index in [9.17, 15) is 9.90 Å². The average Bonchev–Trinajstić information content (AvgIpc) is 3.50. The minimum Gasteiger partial charge on any atom is -0.494 e. The first kappa shape index (κ1) is 22.6. The van der Waals surface area contributed by atoms with Crippen LogP contribution in [0.3, 0.4) is 0 Å². The Bertz CT molecular complexity index is 1350. The number of hydrogen-bond acceptors (Lipinski definition) is 5. The molecule has 0 spiro atoms. The molecule has 1 fully saturated rings. The predicted molar refractivity (Wildman–Crippen MR) is 137 cm³/mol. The number of carbonyl (C=O) groups is 1. The summed E-state index contributed by atoms with van der Waals surface area (Å²) in [5.74, 6) is 1.05. The molecular formula is C27H23N3O4S. The molecule has 1 aliphatic rings. The highest BCUT2D eigenvalue weighted by Gasteiger charge is 2.42. The highest BCUT2D eigenvalue weighted by atomic mass is 32.1. The number of thiocarbonyl (C=S) groups is 1. The first-order valence-corrected chi connectivity index (χ1v) is 11.6. The molecule has 0 aliphatic carbocycles. The van der Waals surface area contributed by atoms with Crippen molar-refractivity contribution < 1.29 is 19.1 Å². The smallest absolute Gasteiger partial charge is 0.335 e. The van der Waals surface area contributed by atoms with Crippen molar-refractivity contribution in [2.24, 2.45) is 0 Å². The third kappa shape index (κ3) is 4.48. The minimum atomic E-state index is -0.985. The maximum atomic E-state index is 11.4. The second kappa shape index (κ2) is 9.60. The van der Waals surface area contributed by atoms with Gasteiger partial charge in [-0.25, -0.2) is 4.79 Å². The van der Waals surface area contributed by atoms with E-state index in [0.29, 0.717) is 28.8 Å². The van der Waals surface area contributed by atoms with Crippen molar-refractivity contribution in [1.82, 2.24) is 10.3 Å². The van der Waals surface area contributed by atoms with Gasteiger partial charge < -0.3 is 24.5 Å². The zero-order valence-corrected chi connectivity index (χ0v) is 19.7. The van der Waals surface area contributed by atoms with Crippen molar-refractivity contribution in [3.8, 4) is 17.1 Å². The van der Waals surface area contributed by atoms with E-state index in [2.05, 4.69) is 10.3 Å². The number of pyridine rings is 1. The number of nitrogens with zero attached hydrogens (tertiary/aromatic N) is 2. The van der Waals surface area contributed by atoms with Gasteiger partial charge in [0.25, 0.3) is 0 Å². The summed E-state index contributed by atoms with van der Waals surface area (Å²) in [5, 5.41) is 13.3. The number of nitrogens with one attached hydrogen (secondary N) is 1. The number of ether oxygens (including phenoxy) is 1. The number of anilines is 1. The summed E-state index contributed by atoms with van der Waals surface area (Å²) in [6.07, 6.45) is 1.75. The fraction of sp³-hybridized carbons (Fsp3) is 0.148. The van der Waals surface area contributed by atoms with E-state index in [1.807, 2.05) is 72.5 Å². The van der Waals surface area contributed by atoms with Gasteiger partial charge in [-0.05, 0) is 79.8 Å². The number of aromatic nitrogens is 1. The van der Waals surface area contributed by atoms with Gasteiger partial charge in [-0.3, -0.25) is 4.98 Å². The number of benzene rings is 2. The molecule has 5 rings (SSSR count). The van der Waals surface area contributed by atoms with Crippen LogP contribution < -0.4 is 15.0 Å². The van der Waals surface area contributed by atoms with E-state index < -0.39 is 5.97 Å². The summed E-state index contributed by atoms with van der Waals surface area (Å²) in [5.41, 5.74) is 2.61. The van der Waals surface area contributed by atoms with Crippen LogP contribution >= 0.6 is 12.2 Å². The van der Waals surface area contributed by atoms with Crippen LogP contribution in [0, 0.1) is 0 Å². The van der Waals surface area contributed by atoms with E-state index in [1.54, 1.807) is 24.4 Å². The van der Waals surface area contributed by atoms with Gasteiger partial charge in [-0.2, -0.15) is 0 Å². The van der Waals surface area contributed by atoms with Crippen molar-refractivity contribution in [3.63, 3.8) is 0 Å². The summed E-state index contributed by atoms with van der Waals surface area (Å²) in [4.78, 5) is 18.0. The van der Waals surface area contributed by atoms with E-state index in [1.165, 1.54) is 0 Å². The van der Waals surface area contributed by atoms with Crippen LogP contribution in [0.5, 0.6) is 5.75 Å². The third-order valence-electron chi connectivity index (χ3n) is 5.84. The minimum absolute atomic E-state index is 0.200. The second-order valence-corrected chi connectivity index (χ2v) is 8.40. The summed E-state index contributed by atoms with van der Waals surface area (Å²) in [7, 11) is 0. The number of carboxylic acids is 1. The van der Waals surface area contributed by atoms with Crippen LogP contribution in [0.2, 0.25) is 0 Å². The van der Waals surface area contributed by atoms with Gasteiger partial charge in [-0.1, -0.05) is 18.2 Å². The lowest BCUT2D eigenvalue weighted by molar-refractivity contribution is 0.0697. The van der Waals surface area contributed by atoms with Crippen LogP contribution in [-0.2, 0) is 0 Å². The van der Waals surface area contributed by atoms with Gasteiger partial charge in [0, 0.05) is 17.4 Å². The van der Waals surface area contributed by atoms with Crippen LogP contribution in [0.1, 0.15) is 40.8 Å². The topological polar surface area (TPSA) is 87.8 Å². The Morgan fingerprint density at radius 2 is 1.94 bits per heavy atom. The van der Waals surface area contributed by atoms with Crippen molar-refractivity contribution in [2.75, 3.05) is 11.5 Å². The molecule has 2 atom stereocenters. The van der Waals surface area contributed by atoms with E-state index in [-0.39, 0.29) is 17.6 Å². The molecule has 0 amide bonds. The fourth-order valence-electron chi connectivity index (χ4n) is 4.26. The first-order chi connectivity index (χ1) is 17.0. The fourth-order valence-corrected chi connectivity index (χ4v) is 4.61. The van der Waals surface area contributed by atoms with Gasteiger partial charge in [0.2, 0.25) is 0 Å². The average molecular weight is 486 g/mol. The highest BCUT2D eigenvalue weighted by molar-refractivity contribution is 7.80. The molecule has 4 aromatic rings. The monoisotopic (exact) mass is 485 g/mol. The van der Waals surface area contributed by atoms with E-state index >= 15 is 0 Å². The lowest BCUT2D eigenvalue weighted by Gasteiger charge is -2.26. The second-order valence-electron chi connectivity index (χ2n) is 8.01. The molecule has 8 heteroatoms. The van der Waals surface area contributed by atoms with Gasteiger partial charge in [0.05, 0.1) is 23.9 Å². The molecule has 35 heavy (non-hydrogen) atoms. The van der Waals surface area contributed by atoms with Crippen LogP contribution in [0.25, 0.3) is 11.3 Å². The molecule has 1 aliphatic heterocycles. The number of aromatic carboxylic acids is 1. The maximum absolute atomic E-state index is 11.4. The zero-order valence-electron chi connectivity index (χ0n) is 18.9. The summed E-state index contributed by atoms with van der Waals surface area (Å²) < 4.78 is 11.9. The number of rotatable bonds is 7. The van der Waals surface area contributed by atoms with Crippen LogP contribution in [-0.4, -0.2) is 27.8 Å². The molecule has 0 unspecified atom stereocenters. The van der Waals surface area contributed by atoms with Crippen LogP contribution in [0.15, 0.2) is 89.5 Å². The number of carboxylic acid groups (broad SMARTS) is 1. The third-order valence-corrected chi connectivity index (χ3v) is 6.15. The molecule has 7 nitrogen and oxygen atoms in total. The summed E-state index contributed by atoms with van der Waals surface area (Å²) >= 11 is 5.76. The Labute approximate surface area is 208 Å². The lowest BCUT2D eigenvalue weighted by atomic mass is 10.0. The van der Waals surface area contributed by atoms with Gasteiger partial charge >= 0.3 is 5.97 Å². The molecule has 0 saturated carbocycles. The largest absolute Gasteiger partial charge is 0.494 e. The maximum Gasteiger partial charge on any atom is 0.335 e. The Morgan fingerprint density at radius 1 is 1.11 bits per heavy atom. The van der Waals surface area contributed by atoms with Gasteiger partial charge in [0.15, 0.2) is 5.11 Å². The first-order valence-electron chi connectivity index (χ1n) is 11.2. The molecule has 0 bridgehead atoms. The van der Waals surface area contributed by atoms with Gasteiger partial charge in [0.1, 0.15) is 23.3 Å². The van der Waals surface area contributed by atoms with Crippen molar-refractivity contribution >= 4 is 29.0 Å². The Kier molecular flexibility index (Phi) is 6.20. The molecule has 3 heterocycles. The molecule has 2 aromatic carbocycles. The molecule has 176 valence electrons. The molecular weight excluding hydrogens is 462 g/mol. The Morgan fingerprint density at radius 3 is 2.66 bits per heavy atom. The Balaban J connectivity index is 1.56. The summed E-state index contributed by atoms with van der Waals surface area (Å²) in [6.45, 7) is 2.53. The van der Waals surface area contributed by atoms with Crippen molar-refractivity contribution in [3.05, 3.63) is 102 Å². The van der Waals surface area contributed by atoms with Crippen molar-refractivity contribution in [2.45, 2.75) is 19.0 Å². The normalized spacial score (nSPS) is 17.3.